The van der Waals surface area contributed by atoms with Crippen LogP contribution in [0.25, 0.3) is 11.3 Å². The fraction of sp³-hybridized carbons (Fsp3) is 0.316. The van der Waals surface area contributed by atoms with Crippen molar-refractivity contribution in [3.8, 4) is 11.3 Å². The van der Waals surface area contributed by atoms with Crippen LogP contribution in [0.4, 0.5) is 5.69 Å². The highest BCUT2D eigenvalue weighted by Gasteiger charge is 2.35. The Morgan fingerprint density at radius 2 is 1.92 bits per heavy atom. The number of hydrogen-bond acceptors (Lipinski definition) is 5. The molecule has 0 fully saturated rings. The average Bonchev–Trinajstić information content (AvgIpc) is 3.16. The smallest absolute Gasteiger partial charge is 0.266 e. The summed E-state index contributed by atoms with van der Waals surface area (Å²) in [5.74, 6) is 0.508. The van der Waals surface area contributed by atoms with Crippen LogP contribution in [0.5, 0.6) is 0 Å². The van der Waals surface area contributed by atoms with E-state index >= 15 is 0 Å². The van der Waals surface area contributed by atoms with Crippen LogP contribution in [-0.4, -0.2) is 20.1 Å². The highest BCUT2D eigenvalue weighted by molar-refractivity contribution is 7.93. The van der Waals surface area contributed by atoms with Gasteiger partial charge in [-0.05, 0) is 45.2 Å². The zero-order valence-electron chi connectivity index (χ0n) is 14.9. The molecule has 0 N–H and O–H groups in total. The van der Waals surface area contributed by atoms with E-state index in [1.165, 1.54) is 11.3 Å². The Labute approximate surface area is 157 Å². The number of aryl methyl sites for hydroxylation is 4. The van der Waals surface area contributed by atoms with Gasteiger partial charge in [-0.25, -0.2) is 8.42 Å². The number of hydrogen-bond donors (Lipinski definition) is 0. The molecule has 0 spiro atoms. The van der Waals surface area contributed by atoms with E-state index in [-0.39, 0.29) is 0 Å². The lowest BCUT2D eigenvalue weighted by molar-refractivity contribution is 0.426. The molecular formula is C19H20N2O3S2. The molecule has 7 heteroatoms. The molecule has 1 aromatic carbocycles. The number of nitrogens with zero attached hydrogens (tertiary/aromatic N) is 2. The van der Waals surface area contributed by atoms with Crippen molar-refractivity contribution >= 4 is 27.0 Å². The van der Waals surface area contributed by atoms with Gasteiger partial charge in [-0.2, -0.15) is 0 Å². The molecule has 26 heavy (non-hydrogen) atoms. The number of sulfonamides is 1. The van der Waals surface area contributed by atoms with Crippen molar-refractivity contribution in [2.75, 3.05) is 10.8 Å². The topological polar surface area (TPSA) is 63.4 Å². The van der Waals surface area contributed by atoms with E-state index < -0.39 is 10.0 Å². The Hall–Kier alpha value is -2.12. The summed E-state index contributed by atoms with van der Waals surface area (Å²) in [6, 6.07) is 9.52. The Morgan fingerprint density at radius 3 is 2.65 bits per heavy atom. The molecule has 5 nitrogen and oxygen atoms in total. The average molecular weight is 389 g/mol. The van der Waals surface area contributed by atoms with Gasteiger partial charge in [-0.1, -0.05) is 23.4 Å². The molecule has 1 aliphatic heterocycles. The number of para-hydroxylation sites is 1. The molecule has 136 valence electrons. The first kappa shape index (κ1) is 17.3. The maximum absolute atomic E-state index is 13.7. The maximum Gasteiger partial charge on any atom is 0.266 e. The maximum atomic E-state index is 13.7. The third-order valence-corrected chi connectivity index (χ3v) is 7.83. The number of benzene rings is 1. The molecule has 3 heterocycles. The fourth-order valence-electron chi connectivity index (χ4n) is 3.60. The van der Waals surface area contributed by atoms with E-state index in [9.17, 15) is 8.42 Å². The second kappa shape index (κ2) is 6.25. The van der Waals surface area contributed by atoms with Crippen LogP contribution >= 0.6 is 11.3 Å². The van der Waals surface area contributed by atoms with Gasteiger partial charge >= 0.3 is 0 Å². The van der Waals surface area contributed by atoms with Crippen LogP contribution in [-0.2, 0) is 16.4 Å². The van der Waals surface area contributed by atoms with Gasteiger partial charge in [-0.3, -0.25) is 4.31 Å². The standard InChI is InChI=1S/C19H20N2O3S2/c1-12-11-17(24-20-12)18-13(2)25-14(3)19(18)26(22,23)21-10-6-8-15-7-4-5-9-16(15)21/h4-5,7,9,11H,6,8,10H2,1-3H3. The lowest BCUT2D eigenvalue weighted by Crippen LogP contribution is -2.35. The summed E-state index contributed by atoms with van der Waals surface area (Å²) in [5.41, 5.74) is 3.22. The van der Waals surface area contributed by atoms with Crippen LogP contribution in [0.3, 0.4) is 0 Å². The Bertz CT molecular complexity index is 1080. The van der Waals surface area contributed by atoms with Crippen molar-refractivity contribution in [3.63, 3.8) is 0 Å². The minimum atomic E-state index is -3.70. The van der Waals surface area contributed by atoms with E-state index in [2.05, 4.69) is 5.16 Å². The van der Waals surface area contributed by atoms with E-state index in [4.69, 9.17) is 4.52 Å². The van der Waals surface area contributed by atoms with Crippen LogP contribution in [0.1, 0.15) is 27.4 Å². The summed E-state index contributed by atoms with van der Waals surface area (Å²) in [5, 5.41) is 3.94. The van der Waals surface area contributed by atoms with Crippen molar-refractivity contribution in [2.24, 2.45) is 0 Å². The van der Waals surface area contributed by atoms with E-state index in [1.807, 2.05) is 45.0 Å². The van der Waals surface area contributed by atoms with Crippen LogP contribution < -0.4 is 4.31 Å². The van der Waals surface area contributed by atoms with E-state index in [1.54, 1.807) is 10.4 Å². The van der Waals surface area contributed by atoms with Crippen molar-refractivity contribution in [2.45, 2.75) is 38.5 Å². The molecule has 0 unspecified atom stereocenters. The molecule has 2 aromatic heterocycles. The molecule has 0 aliphatic carbocycles. The van der Waals surface area contributed by atoms with Crippen molar-refractivity contribution < 1.29 is 12.9 Å². The summed E-state index contributed by atoms with van der Waals surface area (Å²) in [6.07, 6.45) is 1.72. The second-order valence-corrected chi connectivity index (χ2v) is 9.79. The number of rotatable bonds is 3. The van der Waals surface area contributed by atoms with Crippen molar-refractivity contribution in [1.29, 1.82) is 0 Å². The third kappa shape index (κ3) is 2.66. The SMILES string of the molecule is Cc1cc(-c2c(C)sc(C)c2S(=O)(=O)N2CCCc3ccccc32)on1. The lowest BCUT2D eigenvalue weighted by atomic mass is 10.0. The van der Waals surface area contributed by atoms with Gasteiger partial charge in [-0.15, -0.1) is 11.3 Å². The molecular weight excluding hydrogens is 368 g/mol. The Kier molecular flexibility index (Phi) is 4.16. The first-order valence-corrected chi connectivity index (χ1v) is 10.8. The minimum Gasteiger partial charge on any atom is -0.356 e. The molecule has 0 radical (unpaired) electrons. The number of thiophene rings is 1. The fourth-order valence-corrected chi connectivity index (χ4v) is 6.97. The summed E-state index contributed by atoms with van der Waals surface area (Å²) in [7, 11) is -3.70. The molecule has 3 aromatic rings. The molecule has 0 saturated carbocycles. The quantitative estimate of drug-likeness (QED) is 0.664. The molecule has 0 saturated heterocycles. The molecule has 4 rings (SSSR count). The first-order chi connectivity index (χ1) is 12.4. The monoisotopic (exact) mass is 388 g/mol. The summed E-state index contributed by atoms with van der Waals surface area (Å²) in [4.78, 5) is 2.03. The van der Waals surface area contributed by atoms with Gasteiger partial charge in [0.1, 0.15) is 4.90 Å². The van der Waals surface area contributed by atoms with Crippen LogP contribution in [0.2, 0.25) is 0 Å². The highest BCUT2D eigenvalue weighted by atomic mass is 32.2. The normalized spacial score (nSPS) is 14.5. The molecule has 1 aliphatic rings. The molecule has 0 atom stereocenters. The zero-order valence-corrected chi connectivity index (χ0v) is 16.6. The highest BCUT2D eigenvalue weighted by Crippen LogP contribution is 2.42. The number of anilines is 1. The van der Waals surface area contributed by atoms with Gasteiger partial charge in [0.25, 0.3) is 10.0 Å². The third-order valence-electron chi connectivity index (χ3n) is 4.70. The first-order valence-electron chi connectivity index (χ1n) is 8.54. The lowest BCUT2D eigenvalue weighted by Gasteiger charge is -2.30. The summed E-state index contributed by atoms with van der Waals surface area (Å²) in [6.45, 7) is 6.10. The van der Waals surface area contributed by atoms with Gasteiger partial charge < -0.3 is 4.52 Å². The van der Waals surface area contributed by atoms with Gasteiger partial charge in [0, 0.05) is 22.4 Å². The van der Waals surface area contributed by atoms with Gasteiger partial charge in [0.15, 0.2) is 5.76 Å². The predicted octanol–water partition coefficient (Wildman–Crippen LogP) is 4.47. The Balaban J connectivity index is 1.91. The molecule has 0 amide bonds. The molecule has 0 bridgehead atoms. The van der Waals surface area contributed by atoms with Crippen molar-refractivity contribution in [3.05, 3.63) is 51.3 Å². The zero-order chi connectivity index (χ0) is 18.5. The minimum absolute atomic E-state index is 0.341. The number of aromatic nitrogens is 1. The predicted molar refractivity (Wildman–Crippen MR) is 103 cm³/mol. The van der Waals surface area contributed by atoms with Crippen molar-refractivity contribution in [1.82, 2.24) is 5.16 Å². The van der Waals surface area contributed by atoms with E-state index in [0.29, 0.717) is 22.8 Å². The summed E-state index contributed by atoms with van der Waals surface area (Å²) < 4.78 is 34.3. The van der Waals surface area contributed by atoms with Gasteiger partial charge in [0.2, 0.25) is 0 Å². The van der Waals surface area contributed by atoms with E-state index in [0.717, 1.165) is 39.5 Å². The second-order valence-electron chi connectivity index (χ2n) is 6.56. The van der Waals surface area contributed by atoms with Crippen LogP contribution in [0.15, 0.2) is 39.8 Å². The van der Waals surface area contributed by atoms with Gasteiger partial charge in [0.05, 0.1) is 16.9 Å². The number of fused-ring (bicyclic) bond motifs is 1. The largest absolute Gasteiger partial charge is 0.356 e. The Morgan fingerprint density at radius 1 is 1.15 bits per heavy atom. The van der Waals surface area contributed by atoms with Crippen LogP contribution in [0, 0.1) is 20.8 Å². The summed E-state index contributed by atoms with van der Waals surface area (Å²) >= 11 is 1.48.